The summed E-state index contributed by atoms with van der Waals surface area (Å²) in [6.45, 7) is 0. The molecule has 0 spiro atoms. The van der Waals surface area contributed by atoms with Gasteiger partial charge in [0.25, 0.3) is 5.91 Å². The zero-order chi connectivity index (χ0) is 15.5. The Morgan fingerprint density at radius 2 is 2.24 bits per heavy atom. The molecule has 2 aromatic rings. The number of hydrogen-bond acceptors (Lipinski definition) is 6. The Balaban J connectivity index is 2.24. The summed E-state index contributed by atoms with van der Waals surface area (Å²) in [4.78, 5) is 15.3. The standard InChI is InChI=1S/C11H7F3N4O3/c12-11(13,14)8-1-2-15-5-7(8)10(19)17-9-3-6(4-16-20)18-21-9/h1-5,20H,(H,17,19). The lowest BCUT2D eigenvalue weighted by molar-refractivity contribution is -0.138. The van der Waals surface area contributed by atoms with Crippen LogP contribution in [-0.4, -0.2) is 27.5 Å². The number of alkyl halides is 3. The lowest BCUT2D eigenvalue weighted by Gasteiger charge is -2.10. The second kappa shape index (κ2) is 5.61. The highest BCUT2D eigenvalue weighted by Gasteiger charge is 2.35. The van der Waals surface area contributed by atoms with Crippen molar-refractivity contribution in [3.8, 4) is 0 Å². The molecule has 0 saturated carbocycles. The van der Waals surface area contributed by atoms with E-state index in [4.69, 9.17) is 5.21 Å². The monoisotopic (exact) mass is 300 g/mol. The molecule has 0 saturated heterocycles. The van der Waals surface area contributed by atoms with Crippen LogP contribution in [0.2, 0.25) is 0 Å². The first kappa shape index (κ1) is 14.5. The van der Waals surface area contributed by atoms with Crippen molar-refractivity contribution < 1.29 is 27.7 Å². The third-order valence-electron chi connectivity index (χ3n) is 2.33. The first-order chi connectivity index (χ1) is 9.91. The molecule has 0 atom stereocenters. The number of nitrogens with zero attached hydrogens (tertiary/aromatic N) is 3. The maximum atomic E-state index is 12.8. The Labute approximate surface area is 115 Å². The van der Waals surface area contributed by atoms with E-state index >= 15 is 0 Å². The highest BCUT2D eigenvalue weighted by Crippen LogP contribution is 2.31. The summed E-state index contributed by atoms with van der Waals surface area (Å²) in [5.74, 6) is -1.26. The molecular weight excluding hydrogens is 293 g/mol. The van der Waals surface area contributed by atoms with Gasteiger partial charge in [-0.15, -0.1) is 0 Å². The van der Waals surface area contributed by atoms with E-state index in [1.54, 1.807) is 0 Å². The molecule has 0 aromatic carbocycles. The molecule has 110 valence electrons. The molecule has 10 heteroatoms. The zero-order valence-corrected chi connectivity index (χ0v) is 10.1. The Morgan fingerprint density at radius 3 is 2.90 bits per heavy atom. The number of carbonyl (C=O) groups is 1. The Kier molecular flexibility index (Phi) is 3.87. The minimum Gasteiger partial charge on any atom is -0.411 e. The predicted molar refractivity (Wildman–Crippen MR) is 63.1 cm³/mol. The van der Waals surface area contributed by atoms with Gasteiger partial charge in [-0.05, 0) is 6.07 Å². The number of oxime groups is 1. The van der Waals surface area contributed by atoms with Gasteiger partial charge in [0.05, 0.1) is 17.3 Å². The third kappa shape index (κ3) is 3.35. The smallest absolute Gasteiger partial charge is 0.411 e. The van der Waals surface area contributed by atoms with Crippen molar-refractivity contribution in [3.63, 3.8) is 0 Å². The predicted octanol–water partition coefficient (Wildman–Crippen LogP) is 2.15. The minimum atomic E-state index is -4.69. The van der Waals surface area contributed by atoms with Crippen molar-refractivity contribution in [1.82, 2.24) is 10.1 Å². The van der Waals surface area contributed by atoms with Gasteiger partial charge in [-0.25, -0.2) is 0 Å². The van der Waals surface area contributed by atoms with E-state index in [1.165, 1.54) is 6.07 Å². The number of aromatic nitrogens is 2. The third-order valence-corrected chi connectivity index (χ3v) is 2.33. The molecule has 0 aliphatic carbocycles. The summed E-state index contributed by atoms with van der Waals surface area (Å²) in [6, 6.07) is 1.86. The van der Waals surface area contributed by atoms with Crippen LogP contribution in [0.3, 0.4) is 0 Å². The molecule has 0 unspecified atom stereocenters. The number of hydrogen-bond donors (Lipinski definition) is 2. The van der Waals surface area contributed by atoms with Gasteiger partial charge in [0.15, 0.2) is 0 Å². The normalized spacial score (nSPS) is 11.8. The second-order valence-corrected chi connectivity index (χ2v) is 3.73. The number of anilines is 1. The first-order valence-corrected chi connectivity index (χ1v) is 5.38. The summed E-state index contributed by atoms with van der Waals surface area (Å²) >= 11 is 0. The summed E-state index contributed by atoms with van der Waals surface area (Å²) in [7, 11) is 0. The van der Waals surface area contributed by atoms with E-state index in [1.807, 2.05) is 0 Å². The van der Waals surface area contributed by atoms with Crippen molar-refractivity contribution in [3.05, 3.63) is 41.3 Å². The van der Waals surface area contributed by atoms with Gasteiger partial charge in [-0.3, -0.25) is 15.1 Å². The van der Waals surface area contributed by atoms with Gasteiger partial charge in [0.2, 0.25) is 5.88 Å². The maximum absolute atomic E-state index is 12.8. The Bertz CT molecular complexity index is 681. The molecule has 0 fully saturated rings. The number of nitrogens with one attached hydrogen (secondary N) is 1. The Hall–Kier alpha value is -2.91. The summed E-state index contributed by atoms with van der Waals surface area (Å²) in [5.41, 5.74) is -1.69. The fourth-order valence-corrected chi connectivity index (χ4v) is 1.47. The summed E-state index contributed by atoms with van der Waals surface area (Å²) < 4.78 is 42.9. The molecule has 1 amide bonds. The van der Waals surface area contributed by atoms with Gasteiger partial charge in [0, 0.05) is 18.5 Å². The lowest BCUT2D eigenvalue weighted by Crippen LogP contribution is -2.18. The van der Waals surface area contributed by atoms with Crippen LogP contribution >= 0.6 is 0 Å². The van der Waals surface area contributed by atoms with E-state index in [9.17, 15) is 18.0 Å². The zero-order valence-electron chi connectivity index (χ0n) is 10.1. The van der Waals surface area contributed by atoms with Crippen LogP contribution in [0.15, 0.2) is 34.2 Å². The van der Waals surface area contributed by atoms with E-state index < -0.39 is 23.2 Å². The van der Waals surface area contributed by atoms with E-state index in [0.717, 1.165) is 18.6 Å². The van der Waals surface area contributed by atoms with Crippen LogP contribution in [0.25, 0.3) is 0 Å². The molecule has 0 radical (unpaired) electrons. The largest absolute Gasteiger partial charge is 0.417 e. The number of amides is 1. The highest BCUT2D eigenvalue weighted by molar-refractivity contribution is 6.04. The molecule has 2 rings (SSSR count). The fraction of sp³-hybridized carbons (Fsp3) is 0.0909. The second-order valence-electron chi connectivity index (χ2n) is 3.73. The lowest BCUT2D eigenvalue weighted by atomic mass is 10.1. The van der Waals surface area contributed by atoms with Crippen LogP contribution in [0, 0.1) is 0 Å². The molecule has 21 heavy (non-hydrogen) atoms. The number of halogens is 3. The molecule has 2 heterocycles. The number of pyridine rings is 1. The Morgan fingerprint density at radius 1 is 1.48 bits per heavy atom. The average Bonchev–Trinajstić information content (AvgIpc) is 2.85. The van der Waals surface area contributed by atoms with Gasteiger partial charge >= 0.3 is 6.18 Å². The molecule has 2 N–H and O–H groups in total. The summed E-state index contributed by atoms with van der Waals surface area (Å²) in [6.07, 6.45) is -2.04. The van der Waals surface area contributed by atoms with Gasteiger partial charge in [-0.2, -0.15) is 13.2 Å². The van der Waals surface area contributed by atoms with Crippen molar-refractivity contribution in [2.75, 3.05) is 5.32 Å². The van der Waals surface area contributed by atoms with Crippen LogP contribution in [-0.2, 0) is 6.18 Å². The molecule has 0 aliphatic rings. The van der Waals surface area contributed by atoms with Crippen molar-refractivity contribution in [1.29, 1.82) is 0 Å². The van der Waals surface area contributed by atoms with E-state index in [0.29, 0.717) is 6.07 Å². The topological polar surface area (TPSA) is 101 Å². The summed E-state index contributed by atoms with van der Waals surface area (Å²) in [5, 5.41) is 16.5. The van der Waals surface area contributed by atoms with Crippen LogP contribution < -0.4 is 5.32 Å². The van der Waals surface area contributed by atoms with Crippen LogP contribution in [0.5, 0.6) is 0 Å². The van der Waals surface area contributed by atoms with Crippen molar-refractivity contribution in [2.45, 2.75) is 6.18 Å². The number of rotatable bonds is 3. The van der Waals surface area contributed by atoms with E-state index in [2.05, 4.69) is 25.1 Å². The number of carbonyl (C=O) groups excluding carboxylic acids is 1. The molecule has 0 bridgehead atoms. The van der Waals surface area contributed by atoms with Crippen molar-refractivity contribution in [2.24, 2.45) is 5.16 Å². The van der Waals surface area contributed by atoms with E-state index in [-0.39, 0.29) is 11.6 Å². The fourth-order valence-electron chi connectivity index (χ4n) is 1.47. The quantitative estimate of drug-likeness (QED) is 0.514. The molecular formula is C11H7F3N4O3. The molecule has 0 aliphatic heterocycles. The van der Waals surface area contributed by atoms with Gasteiger partial charge in [0.1, 0.15) is 5.69 Å². The average molecular weight is 300 g/mol. The minimum absolute atomic E-state index is 0.0787. The van der Waals surface area contributed by atoms with Gasteiger partial charge in [-0.1, -0.05) is 10.3 Å². The van der Waals surface area contributed by atoms with Gasteiger partial charge < -0.3 is 9.73 Å². The van der Waals surface area contributed by atoms with Crippen LogP contribution in [0.1, 0.15) is 21.6 Å². The molecule has 7 nitrogen and oxygen atoms in total. The van der Waals surface area contributed by atoms with Crippen molar-refractivity contribution >= 4 is 18.0 Å². The first-order valence-electron chi connectivity index (χ1n) is 5.38. The van der Waals surface area contributed by atoms with Crippen LogP contribution in [0.4, 0.5) is 19.1 Å². The maximum Gasteiger partial charge on any atom is 0.417 e. The SMILES string of the molecule is O=C(Nc1cc(C=NO)no1)c1cnccc1C(F)(F)F. The highest BCUT2D eigenvalue weighted by atomic mass is 19.4. The molecule has 2 aromatic heterocycles.